The molecule has 0 aliphatic heterocycles. The van der Waals surface area contributed by atoms with Gasteiger partial charge in [0.25, 0.3) is 0 Å². The van der Waals surface area contributed by atoms with Crippen LogP contribution in [0.4, 0.5) is 4.39 Å². The second-order valence-electron chi connectivity index (χ2n) is 6.14. The first kappa shape index (κ1) is 16.9. The number of aromatic nitrogens is 7. The zero-order chi connectivity index (χ0) is 19.3. The number of rotatable bonds is 4. The number of nitrogens with two attached hydrogens (primary N) is 1. The summed E-state index contributed by atoms with van der Waals surface area (Å²) in [7, 11) is 0. The first-order valence-corrected chi connectivity index (χ1v) is 8.34. The molecule has 0 atom stereocenters. The molecular formula is C17H17FN8O. The van der Waals surface area contributed by atoms with Crippen molar-refractivity contribution in [2.45, 2.75) is 27.3 Å². The lowest BCUT2D eigenvalue weighted by Crippen LogP contribution is -2.12. The fourth-order valence-electron chi connectivity index (χ4n) is 3.04. The third kappa shape index (κ3) is 2.57. The normalized spacial score (nSPS) is 11.4. The second kappa shape index (κ2) is 6.01. The van der Waals surface area contributed by atoms with Crippen molar-refractivity contribution in [2.75, 3.05) is 0 Å². The number of hydrogen-bond donors (Lipinski definition) is 2. The Hall–Kier alpha value is -3.56. The maximum Gasteiger partial charge on any atom is 0.250 e. The topological polar surface area (TPSA) is 120 Å². The molecule has 9 nitrogen and oxygen atoms in total. The number of imidazole rings is 1. The van der Waals surface area contributed by atoms with Crippen molar-refractivity contribution in [3.63, 3.8) is 0 Å². The Morgan fingerprint density at radius 1 is 1.37 bits per heavy atom. The lowest BCUT2D eigenvalue weighted by Gasteiger charge is -2.05. The number of pyridine rings is 1. The Balaban J connectivity index is 1.91. The lowest BCUT2D eigenvalue weighted by molar-refractivity contribution is 0.1000. The molecule has 0 saturated heterocycles. The Morgan fingerprint density at radius 3 is 2.85 bits per heavy atom. The van der Waals surface area contributed by atoms with Crippen molar-refractivity contribution < 1.29 is 9.18 Å². The van der Waals surface area contributed by atoms with Crippen LogP contribution < -0.4 is 5.73 Å². The van der Waals surface area contributed by atoms with Crippen LogP contribution in [-0.2, 0) is 6.54 Å². The van der Waals surface area contributed by atoms with E-state index in [1.807, 2.05) is 13.8 Å². The van der Waals surface area contributed by atoms with E-state index < -0.39 is 11.7 Å². The van der Waals surface area contributed by atoms with E-state index in [0.717, 1.165) is 0 Å². The molecule has 0 radical (unpaired) electrons. The van der Waals surface area contributed by atoms with Crippen LogP contribution in [0.3, 0.4) is 0 Å². The number of H-pyrrole nitrogens is 1. The van der Waals surface area contributed by atoms with E-state index in [1.165, 1.54) is 4.68 Å². The van der Waals surface area contributed by atoms with Gasteiger partial charge in [-0.1, -0.05) is 0 Å². The minimum atomic E-state index is -0.576. The van der Waals surface area contributed by atoms with E-state index in [2.05, 4.69) is 25.3 Å². The fraction of sp³-hybridized carbons (Fsp3) is 0.235. The summed E-state index contributed by atoms with van der Waals surface area (Å²) >= 11 is 0. The summed E-state index contributed by atoms with van der Waals surface area (Å²) in [4.78, 5) is 20.4. The monoisotopic (exact) mass is 368 g/mol. The fourth-order valence-corrected chi connectivity index (χ4v) is 3.04. The zero-order valence-corrected chi connectivity index (χ0v) is 15.0. The molecule has 27 heavy (non-hydrogen) atoms. The van der Waals surface area contributed by atoms with Crippen LogP contribution in [0.15, 0.2) is 18.5 Å². The largest absolute Gasteiger partial charge is 0.366 e. The highest BCUT2D eigenvalue weighted by atomic mass is 19.1. The van der Waals surface area contributed by atoms with Crippen LogP contribution in [-0.4, -0.2) is 40.3 Å². The predicted molar refractivity (Wildman–Crippen MR) is 95.4 cm³/mol. The highest BCUT2D eigenvalue weighted by molar-refractivity contribution is 5.95. The number of amides is 1. The molecule has 0 bridgehead atoms. The van der Waals surface area contributed by atoms with Gasteiger partial charge in [-0.15, -0.1) is 0 Å². The molecule has 4 aromatic heterocycles. The third-order valence-corrected chi connectivity index (χ3v) is 4.41. The van der Waals surface area contributed by atoms with Crippen LogP contribution in [0.1, 0.15) is 28.8 Å². The average molecular weight is 368 g/mol. The molecule has 0 unspecified atom stereocenters. The minimum Gasteiger partial charge on any atom is -0.366 e. The number of nitrogens with one attached hydrogen (secondary N) is 1. The molecule has 0 spiro atoms. The van der Waals surface area contributed by atoms with Gasteiger partial charge in [0.2, 0.25) is 5.91 Å². The first-order valence-electron chi connectivity index (χ1n) is 8.34. The van der Waals surface area contributed by atoms with Crippen LogP contribution in [0, 0.1) is 19.7 Å². The molecular weight excluding hydrogens is 351 g/mol. The van der Waals surface area contributed by atoms with Gasteiger partial charge in [-0.2, -0.15) is 10.2 Å². The summed E-state index contributed by atoms with van der Waals surface area (Å²) in [6, 6.07) is 1.60. The summed E-state index contributed by atoms with van der Waals surface area (Å²) in [5, 5.41) is 11.1. The van der Waals surface area contributed by atoms with Gasteiger partial charge in [0, 0.05) is 18.3 Å². The Kier molecular flexibility index (Phi) is 3.76. The highest BCUT2D eigenvalue weighted by Gasteiger charge is 2.21. The molecule has 3 N–H and O–H groups in total. The first-order chi connectivity index (χ1) is 12.9. The number of primary amides is 1. The Labute approximate surface area is 153 Å². The molecule has 10 heteroatoms. The van der Waals surface area contributed by atoms with E-state index in [4.69, 9.17) is 5.73 Å². The van der Waals surface area contributed by atoms with E-state index in [9.17, 15) is 9.18 Å². The van der Waals surface area contributed by atoms with Crippen molar-refractivity contribution in [3.8, 4) is 22.9 Å². The molecule has 0 fully saturated rings. The number of carbonyl (C=O) groups is 1. The number of carbonyl (C=O) groups excluding carboxylic acids is 1. The lowest BCUT2D eigenvalue weighted by atomic mass is 10.1. The van der Waals surface area contributed by atoms with Crippen molar-refractivity contribution in [2.24, 2.45) is 5.73 Å². The molecule has 0 aromatic carbocycles. The van der Waals surface area contributed by atoms with Crippen LogP contribution in [0.2, 0.25) is 0 Å². The Bertz CT molecular complexity index is 1190. The summed E-state index contributed by atoms with van der Waals surface area (Å²) in [5.74, 6) is 0.224. The van der Waals surface area contributed by atoms with Gasteiger partial charge in [0.15, 0.2) is 17.5 Å². The van der Waals surface area contributed by atoms with Gasteiger partial charge in [-0.3, -0.25) is 14.6 Å². The highest BCUT2D eigenvalue weighted by Crippen LogP contribution is 2.27. The van der Waals surface area contributed by atoms with Gasteiger partial charge < -0.3 is 10.1 Å². The minimum absolute atomic E-state index is 0.237. The molecule has 4 rings (SSSR count). The number of halogens is 1. The second-order valence-corrected chi connectivity index (χ2v) is 6.14. The average Bonchev–Trinajstić information content (AvgIpc) is 3.33. The number of fused-ring (bicyclic) bond motifs is 1. The van der Waals surface area contributed by atoms with Gasteiger partial charge in [0.05, 0.1) is 23.0 Å². The number of aryl methyl sites for hydroxylation is 3. The number of nitrogens with zero attached hydrogens (tertiary/aromatic N) is 6. The predicted octanol–water partition coefficient (Wildman–Crippen LogP) is 1.86. The maximum atomic E-state index is 14.5. The van der Waals surface area contributed by atoms with Crippen LogP contribution in [0.5, 0.6) is 0 Å². The molecule has 0 saturated carbocycles. The maximum absolute atomic E-state index is 14.5. The zero-order valence-electron chi connectivity index (χ0n) is 15.0. The summed E-state index contributed by atoms with van der Waals surface area (Å²) in [5.41, 5.74) is 7.54. The van der Waals surface area contributed by atoms with Crippen molar-refractivity contribution in [1.29, 1.82) is 0 Å². The quantitative estimate of drug-likeness (QED) is 0.570. The smallest absolute Gasteiger partial charge is 0.250 e. The van der Waals surface area contributed by atoms with Crippen molar-refractivity contribution >= 4 is 11.4 Å². The SMILES string of the molecule is CCn1nc(C)c(F)c1-c1nc(-c2cc(C(N)=O)cn3c(C)ncc23)n[nH]1. The van der Waals surface area contributed by atoms with E-state index in [-0.39, 0.29) is 17.2 Å². The van der Waals surface area contributed by atoms with E-state index in [1.54, 1.807) is 29.8 Å². The molecule has 1 amide bonds. The van der Waals surface area contributed by atoms with Crippen molar-refractivity contribution in [1.82, 2.24) is 34.3 Å². The summed E-state index contributed by atoms with van der Waals surface area (Å²) < 4.78 is 17.8. The molecule has 4 aromatic rings. The van der Waals surface area contributed by atoms with Gasteiger partial charge in [0.1, 0.15) is 11.5 Å². The van der Waals surface area contributed by atoms with Crippen LogP contribution >= 0.6 is 0 Å². The van der Waals surface area contributed by atoms with Gasteiger partial charge in [-0.05, 0) is 26.8 Å². The summed E-state index contributed by atoms with van der Waals surface area (Å²) in [6.07, 6.45) is 3.28. The molecule has 4 heterocycles. The number of aromatic amines is 1. The Morgan fingerprint density at radius 2 is 2.15 bits per heavy atom. The van der Waals surface area contributed by atoms with Crippen molar-refractivity contribution in [3.05, 3.63) is 41.4 Å². The van der Waals surface area contributed by atoms with E-state index >= 15 is 0 Å². The molecule has 0 aliphatic rings. The van der Waals surface area contributed by atoms with Gasteiger partial charge in [-0.25, -0.2) is 14.4 Å². The van der Waals surface area contributed by atoms with E-state index in [0.29, 0.717) is 34.8 Å². The third-order valence-electron chi connectivity index (χ3n) is 4.41. The molecule has 0 aliphatic carbocycles. The molecule has 138 valence electrons. The van der Waals surface area contributed by atoms with Gasteiger partial charge >= 0.3 is 0 Å². The number of hydrogen-bond acceptors (Lipinski definition) is 5. The van der Waals surface area contributed by atoms with Crippen LogP contribution in [0.25, 0.3) is 28.4 Å². The summed E-state index contributed by atoms with van der Waals surface area (Å²) in [6.45, 7) is 5.75. The standard InChI is InChI=1S/C17H17FN8O/c1-4-26-14(13(18)8(2)24-26)17-21-16(22-23-17)11-5-10(15(19)27)7-25-9(3)20-6-12(11)25/h5-7H,4H2,1-3H3,(H2,19,27)(H,21,22,23).